The van der Waals surface area contributed by atoms with Gasteiger partial charge in [-0.15, -0.1) is 12.4 Å². The van der Waals surface area contributed by atoms with Crippen LogP contribution >= 0.6 is 12.4 Å². The molecule has 1 amide bonds. The summed E-state index contributed by atoms with van der Waals surface area (Å²) in [6.45, 7) is 2.08. The van der Waals surface area contributed by atoms with Crippen molar-refractivity contribution in [2.24, 2.45) is 11.5 Å². The first-order valence-electron chi connectivity index (χ1n) is 11.1. The molecule has 0 aliphatic heterocycles. The van der Waals surface area contributed by atoms with Gasteiger partial charge in [0.1, 0.15) is 12.6 Å². The number of halogens is 1. The lowest BCUT2D eigenvalue weighted by Crippen LogP contribution is -2.43. The molecular formula is C27H32ClN3O3. The SMILES string of the molecule is CC(NC(=O)[C@H](N)CC[C@H](N)C(=O)OCc1ccccc1)c1ccc(-c2ccccc2)cc1.Cl. The Morgan fingerprint density at radius 2 is 1.32 bits per heavy atom. The Kier molecular flexibility index (Phi) is 10.7. The van der Waals surface area contributed by atoms with Gasteiger partial charge in [0.05, 0.1) is 12.1 Å². The smallest absolute Gasteiger partial charge is 0.323 e. The Morgan fingerprint density at radius 1 is 0.794 bits per heavy atom. The van der Waals surface area contributed by atoms with Gasteiger partial charge in [0.25, 0.3) is 0 Å². The minimum absolute atomic E-state index is 0. The van der Waals surface area contributed by atoms with Crippen LogP contribution in [0.25, 0.3) is 11.1 Å². The van der Waals surface area contributed by atoms with E-state index in [1.807, 2.05) is 79.7 Å². The van der Waals surface area contributed by atoms with E-state index in [1.165, 1.54) is 0 Å². The highest BCUT2D eigenvalue weighted by atomic mass is 35.5. The van der Waals surface area contributed by atoms with Crippen molar-refractivity contribution in [3.05, 3.63) is 96.1 Å². The van der Waals surface area contributed by atoms with Crippen molar-refractivity contribution in [2.75, 3.05) is 0 Å². The van der Waals surface area contributed by atoms with Crippen LogP contribution in [0.2, 0.25) is 0 Å². The van der Waals surface area contributed by atoms with Gasteiger partial charge in [0.2, 0.25) is 5.91 Å². The van der Waals surface area contributed by atoms with Crippen molar-refractivity contribution in [3.63, 3.8) is 0 Å². The summed E-state index contributed by atoms with van der Waals surface area (Å²) in [5.41, 5.74) is 16.1. The number of nitrogens with one attached hydrogen (secondary N) is 1. The number of hydrogen-bond donors (Lipinski definition) is 3. The molecule has 0 saturated carbocycles. The van der Waals surface area contributed by atoms with Gasteiger partial charge < -0.3 is 21.5 Å². The van der Waals surface area contributed by atoms with Gasteiger partial charge in [-0.2, -0.15) is 0 Å². The summed E-state index contributed by atoms with van der Waals surface area (Å²) in [5, 5.41) is 2.93. The van der Waals surface area contributed by atoms with Gasteiger partial charge in [0, 0.05) is 0 Å². The molecule has 3 aromatic rings. The van der Waals surface area contributed by atoms with E-state index in [0.29, 0.717) is 0 Å². The van der Waals surface area contributed by atoms with E-state index in [2.05, 4.69) is 17.4 Å². The predicted molar refractivity (Wildman–Crippen MR) is 137 cm³/mol. The number of hydrogen-bond acceptors (Lipinski definition) is 5. The van der Waals surface area contributed by atoms with Crippen LogP contribution < -0.4 is 16.8 Å². The largest absolute Gasteiger partial charge is 0.460 e. The van der Waals surface area contributed by atoms with E-state index in [4.69, 9.17) is 16.2 Å². The molecular weight excluding hydrogens is 450 g/mol. The van der Waals surface area contributed by atoms with Crippen LogP contribution in [0.4, 0.5) is 0 Å². The maximum atomic E-state index is 12.5. The fraction of sp³-hybridized carbons (Fsp3) is 0.259. The molecule has 0 radical (unpaired) electrons. The highest BCUT2D eigenvalue weighted by Crippen LogP contribution is 2.21. The van der Waals surface area contributed by atoms with Gasteiger partial charge >= 0.3 is 5.97 Å². The summed E-state index contributed by atoms with van der Waals surface area (Å²) in [7, 11) is 0. The number of benzene rings is 3. The van der Waals surface area contributed by atoms with Gasteiger partial charge in [0.15, 0.2) is 0 Å². The van der Waals surface area contributed by atoms with E-state index < -0.39 is 18.1 Å². The van der Waals surface area contributed by atoms with Crippen LogP contribution in [0.1, 0.15) is 36.9 Å². The number of esters is 1. The Balaban J connectivity index is 0.00000408. The van der Waals surface area contributed by atoms with E-state index in [9.17, 15) is 9.59 Å². The molecule has 34 heavy (non-hydrogen) atoms. The van der Waals surface area contributed by atoms with E-state index in [-0.39, 0.29) is 43.8 Å². The number of amides is 1. The van der Waals surface area contributed by atoms with E-state index in [1.54, 1.807) is 0 Å². The first-order valence-corrected chi connectivity index (χ1v) is 11.1. The minimum atomic E-state index is -0.824. The van der Waals surface area contributed by atoms with Gasteiger partial charge in [-0.25, -0.2) is 0 Å². The fourth-order valence-electron chi connectivity index (χ4n) is 3.44. The second kappa shape index (κ2) is 13.5. The number of carbonyl (C=O) groups is 2. The third kappa shape index (κ3) is 7.99. The standard InChI is InChI=1S/C27H31N3O3.ClH/c1-19(21-12-14-23(15-13-21)22-10-6-3-7-11-22)30-26(31)24(28)16-17-25(29)27(32)33-18-20-8-4-2-5-9-20;/h2-15,19,24-25H,16-18,28-29H2,1H3,(H,30,31);1H/t19?,24-,25+;/m1./s1. The second-order valence-corrected chi connectivity index (χ2v) is 8.10. The first kappa shape index (κ1) is 27.1. The van der Waals surface area contributed by atoms with Crippen LogP contribution in [0.3, 0.4) is 0 Å². The summed E-state index contributed by atoms with van der Waals surface area (Å²) in [6.07, 6.45) is 0.551. The van der Waals surface area contributed by atoms with Crippen molar-refractivity contribution < 1.29 is 14.3 Å². The predicted octanol–water partition coefficient (Wildman–Crippen LogP) is 4.13. The Bertz CT molecular complexity index is 1030. The van der Waals surface area contributed by atoms with Crippen molar-refractivity contribution in [3.8, 4) is 11.1 Å². The van der Waals surface area contributed by atoms with Gasteiger partial charge in [-0.05, 0) is 42.0 Å². The number of ether oxygens (including phenoxy) is 1. The average molecular weight is 482 g/mol. The maximum Gasteiger partial charge on any atom is 0.323 e. The summed E-state index contributed by atoms with van der Waals surface area (Å²) in [6, 6.07) is 25.8. The monoisotopic (exact) mass is 481 g/mol. The van der Waals surface area contributed by atoms with Gasteiger partial charge in [-0.3, -0.25) is 9.59 Å². The van der Waals surface area contributed by atoms with Crippen molar-refractivity contribution in [2.45, 2.75) is 44.5 Å². The van der Waals surface area contributed by atoms with Crippen molar-refractivity contribution in [1.29, 1.82) is 0 Å². The molecule has 0 saturated heterocycles. The molecule has 0 aromatic heterocycles. The highest BCUT2D eigenvalue weighted by molar-refractivity contribution is 5.85. The number of carbonyl (C=O) groups excluding carboxylic acids is 2. The van der Waals surface area contributed by atoms with Crippen LogP contribution in [-0.4, -0.2) is 24.0 Å². The average Bonchev–Trinajstić information content (AvgIpc) is 2.86. The Morgan fingerprint density at radius 3 is 1.94 bits per heavy atom. The van der Waals surface area contributed by atoms with Gasteiger partial charge in [-0.1, -0.05) is 84.9 Å². The van der Waals surface area contributed by atoms with Crippen LogP contribution in [-0.2, 0) is 20.9 Å². The lowest BCUT2D eigenvalue weighted by atomic mass is 10.0. The van der Waals surface area contributed by atoms with Crippen LogP contribution in [0, 0.1) is 0 Å². The number of rotatable bonds is 10. The molecule has 3 atom stereocenters. The highest BCUT2D eigenvalue weighted by Gasteiger charge is 2.21. The number of nitrogens with two attached hydrogens (primary N) is 2. The maximum absolute atomic E-state index is 12.5. The molecule has 1 unspecified atom stereocenters. The fourth-order valence-corrected chi connectivity index (χ4v) is 3.44. The summed E-state index contributed by atoms with van der Waals surface area (Å²) in [5.74, 6) is -0.780. The zero-order valence-corrected chi connectivity index (χ0v) is 20.0. The molecule has 6 nitrogen and oxygen atoms in total. The summed E-state index contributed by atoms with van der Waals surface area (Å²) >= 11 is 0. The molecule has 0 aliphatic rings. The molecule has 7 heteroatoms. The zero-order chi connectivity index (χ0) is 23.6. The van der Waals surface area contributed by atoms with Crippen molar-refractivity contribution in [1.82, 2.24) is 5.32 Å². The lowest BCUT2D eigenvalue weighted by molar-refractivity contribution is -0.146. The summed E-state index contributed by atoms with van der Waals surface area (Å²) in [4.78, 5) is 24.6. The quantitative estimate of drug-likeness (QED) is 0.377. The third-order valence-corrected chi connectivity index (χ3v) is 5.53. The third-order valence-electron chi connectivity index (χ3n) is 5.53. The normalized spacial score (nSPS) is 13.1. The summed E-state index contributed by atoms with van der Waals surface area (Å²) < 4.78 is 5.24. The molecule has 0 aliphatic carbocycles. The minimum Gasteiger partial charge on any atom is -0.460 e. The molecule has 180 valence electrons. The topological polar surface area (TPSA) is 107 Å². The molecule has 0 fully saturated rings. The van der Waals surface area contributed by atoms with E-state index in [0.717, 1.165) is 22.3 Å². The Hall–Kier alpha value is -3.19. The molecule has 3 aromatic carbocycles. The first-order chi connectivity index (χ1) is 15.9. The molecule has 0 bridgehead atoms. The van der Waals surface area contributed by atoms with Crippen molar-refractivity contribution >= 4 is 24.3 Å². The molecule has 0 heterocycles. The second-order valence-electron chi connectivity index (χ2n) is 8.10. The zero-order valence-electron chi connectivity index (χ0n) is 19.2. The Labute approximate surface area is 207 Å². The van der Waals surface area contributed by atoms with Crippen LogP contribution in [0.15, 0.2) is 84.9 Å². The molecule has 0 spiro atoms. The van der Waals surface area contributed by atoms with E-state index >= 15 is 0 Å². The van der Waals surface area contributed by atoms with Crippen LogP contribution in [0.5, 0.6) is 0 Å². The lowest BCUT2D eigenvalue weighted by Gasteiger charge is -2.19. The molecule has 3 rings (SSSR count). The molecule has 5 N–H and O–H groups in total.